The van der Waals surface area contributed by atoms with Gasteiger partial charge in [0.2, 0.25) is 0 Å². The van der Waals surface area contributed by atoms with Crippen molar-refractivity contribution < 1.29 is 0 Å². The zero-order chi connectivity index (χ0) is 9.78. The molecule has 0 atom stereocenters. The summed E-state index contributed by atoms with van der Waals surface area (Å²) in [6, 6.07) is 0. The van der Waals surface area contributed by atoms with Crippen LogP contribution in [-0.2, 0) is 0 Å². The van der Waals surface area contributed by atoms with Crippen LogP contribution in [0, 0.1) is 0 Å². The van der Waals surface area contributed by atoms with Crippen molar-refractivity contribution in [3.8, 4) is 0 Å². The molecule has 0 saturated heterocycles. The zero-order valence-corrected chi connectivity index (χ0v) is 10.7. The molecule has 0 aliphatic carbocycles. The van der Waals surface area contributed by atoms with E-state index in [0.717, 1.165) is 0 Å². The van der Waals surface area contributed by atoms with Crippen LogP contribution in [-0.4, -0.2) is 10.5 Å². The van der Waals surface area contributed by atoms with E-state index in [1.165, 1.54) is 15.6 Å². The molecule has 0 aromatic rings. The maximum absolute atomic E-state index is 2.26. The molecular weight excluding hydrogens is 184 g/mol. The predicted octanol–water partition coefficient (Wildman–Crippen LogP) is 4.52. The van der Waals surface area contributed by atoms with E-state index in [9.17, 15) is 0 Å². The molecule has 0 bridgehead atoms. The van der Waals surface area contributed by atoms with E-state index in [1.807, 2.05) is 23.5 Å². The van der Waals surface area contributed by atoms with Gasteiger partial charge in [-0.2, -0.15) is 0 Å². The quantitative estimate of drug-likeness (QED) is 0.663. The highest BCUT2D eigenvalue weighted by Crippen LogP contribution is 2.39. The van der Waals surface area contributed by atoms with E-state index in [2.05, 4.69) is 41.5 Å². The Hall–Kier alpha value is 0.440. The maximum Gasteiger partial charge on any atom is 0.0392 e. The molecule has 0 unspecified atom stereocenters. The highest BCUT2D eigenvalue weighted by atomic mass is 32.2. The summed E-state index contributed by atoms with van der Waals surface area (Å²) in [7, 11) is 0. The van der Waals surface area contributed by atoms with E-state index >= 15 is 0 Å². The van der Waals surface area contributed by atoms with Crippen molar-refractivity contribution in [1.82, 2.24) is 0 Å². The van der Waals surface area contributed by atoms with Crippen molar-refractivity contribution in [1.29, 1.82) is 0 Å². The monoisotopic (exact) mass is 204 g/mol. The van der Waals surface area contributed by atoms with Crippen LogP contribution < -0.4 is 0 Å². The lowest BCUT2D eigenvalue weighted by Gasteiger charge is -2.20. The molecular formula is C10H20S2. The third-order valence-electron chi connectivity index (χ3n) is 1.08. The smallest absolute Gasteiger partial charge is 0.0392 e. The lowest BCUT2D eigenvalue weighted by atomic mass is 10.3. The topological polar surface area (TPSA) is 0 Å². The van der Waals surface area contributed by atoms with Crippen molar-refractivity contribution in [3.63, 3.8) is 0 Å². The lowest BCUT2D eigenvalue weighted by molar-refractivity contribution is 0.807. The second-order valence-electron chi connectivity index (χ2n) is 3.93. The Bertz CT molecular complexity index is 159. The van der Waals surface area contributed by atoms with Gasteiger partial charge < -0.3 is 0 Å². The fraction of sp³-hybridized carbons (Fsp3) is 0.800. The van der Waals surface area contributed by atoms with Crippen LogP contribution in [0.4, 0.5) is 0 Å². The number of hydrogen-bond acceptors (Lipinski definition) is 2. The Kier molecular flexibility index (Phi) is 5.42. The molecule has 0 rings (SSSR count). The lowest BCUT2D eigenvalue weighted by Crippen LogP contribution is -2.07. The molecule has 0 heterocycles. The first-order chi connectivity index (χ1) is 5.37. The number of thioether (sulfide) groups is 2. The first kappa shape index (κ1) is 12.4. The van der Waals surface area contributed by atoms with Gasteiger partial charge in [0, 0.05) is 8.98 Å². The van der Waals surface area contributed by atoms with E-state index < -0.39 is 0 Å². The van der Waals surface area contributed by atoms with Gasteiger partial charge in [-0.15, -0.1) is 23.5 Å². The molecule has 0 aliphatic heterocycles. The summed E-state index contributed by atoms with van der Waals surface area (Å²) < 4.78 is 1.83. The minimum Gasteiger partial charge on any atom is -0.120 e. The molecule has 72 valence electrons. The minimum absolute atomic E-state index is 0.342. The van der Waals surface area contributed by atoms with Gasteiger partial charge in [0.05, 0.1) is 0 Å². The second kappa shape index (κ2) is 5.23. The van der Waals surface area contributed by atoms with Crippen LogP contribution in [0.2, 0.25) is 0 Å². The molecule has 0 aromatic heterocycles. The SMILES string of the molecule is CCSC(SC(C)(C)C)=C(C)C. The second-order valence-corrected chi connectivity index (χ2v) is 7.30. The van der Waals surface area contributed by atoms with Crippen molar-refractivity contribution >= 4 is 23.5 Å². The van der Waals surface area contributed by atoms with E-state index in [1.54, 1.807) is 0 Å². The van der Waals surface area contributed by atoms with Gasteiger partial charge in [-0.1, -0.05) is 33.3 Å². The molecule has 0 amide bonds. The summed E-state index contributed by atoms with van der Waals surface area (Å²) in [6.07, 6.45) is 0. The fourth-order valence-electron chi connectivity index (χ4n) is 0.685. The van der Waals surface area contributed by atoms with Crippen LogP contribution in [0.15, 0.2) is 9.81 Å². The fourth-order valence-corrected chi connectivity index (χ4v) is 3.34. The Balaban J connectivity index is 4.26. The Morgan fingerprint density at radius 3 is 1.92 bits per heavy atom. The summed E-state index contributed by atoms with van der Waals surface area (Å²) in [6.45, 7) is 13.4. The van der Waals surface area contributed by atoms with Gasteiger partial charge in [0.25, 0.3) is 0 Å². The number of hydrogen-bond donors (Lipinski definition) is 0. The highest BCUT2D eigenvalue weighted by molar-refractivity contribution is 8.22. The van der Waals surface area contributed by atoms with Gasteiger partial charge in [0.15, 0.2) is 0 Å². The van der Waals surface area contributed by atoms with E-state index in [4.69, 9.17) is 0 Å². The Morgan fingerprint density at radius 1 is 1.17 bits per heavy atom. The summed E-state index contributed by atoms with van der Waals surface area (Å²) in [5.41, 5.74) is 1.45. The first-order valence-electron chi connectivity index (χ1n) is 4.36. The van der Waals surface area contributed by atoms with Crippen LogP contribution in [0.3, 0.4) is 0 Å². The third kappa shape index (κ3) is 6.01. The van der Waals surface area contributed by atoms with Crippen LogP contribution in [0.1, 0.15) is 41.5 Å². The summed E-state index contributed by atoms with van der Waals surface area (Å²) in [5, 5.41) is 0. The molecule has 0 N–H and O–H groups in total. The molecule has 0 spiro atoms. The summed E-state index contributed by atoms with van der Waals surface area (Å²) >= 11 is 3.93. The highest BCUT2D eigenvalue weighted by Gasteiger charge is 2.14. The molecule has 0 aliphatic rings. The maximum atomic E-state index is 2.26. The van der Waals surface area contributed by atoms with Gasteiger partial charge in [-0.25, -0.2) is 0 Å². The normalized spacial score (nSPS) is 11.5. The predicted molar refractivity (Wildman–Crippen MR) is 63.9 cm³/mol. The average molecular weight is 204 g/mol. The number of rotatable bonds is 3. The van der Waals surface area contributed by atoms with Gasteiger partial charge in [-0.3, -0.25) is 0 Å². The first-order valence-corrected chi connectivity index (χ1v) is 6.16. The largest absolute Gasteiger partial charge is 0.120 e. The average Bonchev–Trinajstić information content (AvgIpc) is 1.83. The summed E-state index contributed by atoms with van der Waals surface area (Å²) in [4.78, 5) is 0. The van der Waals surface area contributed by atoms with Crippen LogP contribution in [0.25, 0.3) is 0 Å². The van der Waals surface area contributed by atoms with Crippen molar-refractivity contribution in [2.24, 2.45) is 0 Å². The van der Waals surface area contributed by atoms with E-state index in [0.29, 0.717) is 4.75 Å². The molecule has 2 heteroatoms. The van der Waals surface area contributed by atoms with Crippen molar-refractivity contribution in [2.75, 3.05) is 5.75 Å². The van der Waals surface area contributed by atoms with Crippen molar-refractivity contribution in [3.05, 3.63) is 9.81 Å². The third-order valence-corrected chi connectivity index (χ3v) is 3.85. The molecule has 0 fully saturated rings. The number of allylic oxidation sites excluding steroid dienone is 1. The minimum atomic E-state index is 0.342. The van der Waals surface area contributed by atoms with Crippen LogP contribution in [0.5, 0.6) is 0 Å². The molecule has 12 heavy (non-hydrogen) atoms. The Morgan fingerprint density at radius 2 is 1.67 bits per heavy atom. The zero-order valence-electron chi connectivity index (χ0n) is 9.02. The molecule has 0 aromatic carbocycles. The standard InChI is InChI=1S/C10H20S2/c1-7-11-9(8(2)3)12-10(4,5)6/h7H2,1-6H3. The molecule has 0 saturated carbocycles. The van der Waals surface area contributed by atoms with Gasteiger partial charge in [0.1, 0.15) is 0 Å². The van der Waals surface area contributed by atoms with Gasteiger partial charge >= 0.3 is 0 Å². The molecule has 0 nitrogen and oxygen atoms in total. The van der Waals surface area contributed by atoms with Gasteiger partial charge in [-0.05, 0) is 19.6 Å². The van der Waals surface area contributed by atoms with Crippen molar-refractivity contribution in [2.45, 2.75) is 46.3 Å². The van der Waals surface area contributed by atoms with Crippen LogP contribution >= 0.6 is 23.5 Å². The Labute approximate surface area is 85.6 Å². The van der Waals surface area contributed by atoms with E-state index in [-0.39, 0.29) is 0 Å². The molecule has 0 radical (unpaired) electrons. The summed E-state index contributed by atoms with van der Waals surface area (Å²) in [5.74, 6) is 1.17.